The largest absolute Gasteiger partial charge is 0.416 e. The molecule has 3 aliphatic rings. The Morgan fingerprint density at radius 2 is 1.84 bits per heavy atom. The molecule has 43 heavy (non-hydrogen) atoms. The highest BCUT2D eigenvalue weighted by Gasteiger charge is 2.44. The summed E-state index contributed by atoms with van der Waals surface area (Å²) in [6, 6.07) is 12.1. The number of aryl methyl sites for hydroxylation is 2. The molecule has 2 fully saturated rings. The van der Waals surface area contributed by atoms with Gasteiger partial charge in [-0.2, -0.15) is 13.2 Å². The van der Waals surface area contributed by atoms with Crippen LogP contribution in [0.4, 0.5) is 19.0 Å². The van der Waals surface area contributed by atoms with Crippen molar-refractivity contribution in [1.29, 1.82) is 0 Å². The average Bonchev–Trinajstić information content (AvgIpc) is 3.65. The van der Waals surface area contributed by atoms with Crippen molar-refractivity contribution in [2.24, 2.45) is 12.5 Å². The highest BCUT2D eigenvalue weighted by Crippen LogP contribution is 2.48. The van der Waals surface area contributed by atoms with Crippen LogP contribution in [0.25, 0.3) is 22.5 Å². The zero-order chi connectivity index (χ0) is 30.1. The van der Waals surface area contributed by atoms with E-state index < -0.39 is 17.6 Å². The number of alkyl halides is 3. The molecule has 1 spiro atoms. The predicted octanol–water partition coefficient (Wildman–Crippen LogP) is 7.06. The molecule has 0 N–H and O–H groups in total. The topological polar surface area (TPSA) is 67.2 Å². The average molecular weight is 607 g/mol. The van der Waals surface area contributed by atoms with Crippen LogP contribution in [-0.2, 0) is 26.3 Å². The number of carbonyl (C=O) groups excluding carboxylic acids is 1. The molecule has 0 radical (unpaired) electrons. The third-order valence-corrected chi connectivity index (χ3v) is 9.43. The number of hydrogen-bond acceptors (Lipinski definition) is 5. The molecule has 2 aliphatic heterocycles. The smallest absolute Gasteiger partial charge is 0.317 e. The molecule has 1 amide bonds. The fourth-order valence-electron chi connectivity index (χ4n) is 6.90. The maximum atomic E-state index is 14.4. The summed E-state index contributed by atoms with van der Waals surface area (Å²) in [5.41, 5.74) is 3.35. The van der Waals surface area contributed by atoms with Crippen molar-refractivity contribution in [1.82, 2.24) is 24.6 Å². The first-order chi connectivity index (χ1) is 20.5. The summed E-state index contributed by atoms with van der Waals surface area (Å²) in [4.78, 5) is 21.7. The molecule has 7 nitrogen and oxygen atoms in total. The number of pyridine rings is 1. The number of rotatable bonds is 5. The van der Waals surface area contributed by atoms with Crippen LogP contribution in [0, 0.1) is 12.3 Å². The molecule has 0 bridgehead atoms. The maximum Gasteiger partial charge on any atom is 0.416 e. The molecule has 1 aliphatic carbocycles. The lowest BCUT2D eigenvalue weighted by Gasteiger charge is -2.38. The number of halogens is 4. The van der Waals surface area contributed by atoms with Gasteiger partial charge in [0.25, 0.3) is 5.91 Å². The van der Waals surface area contributed by atoms with E-state index in [0.29, 0.717) is 28.9 Å². The van der Waals surface area contributed by atoms with E-state index in [4.69, 9.17) is 11.6 Å². The predicted molar refractivity (Wildman–Crippen MR) is 158 cm³/mol. The first-order valence-electron chi connectivity index (χ1n) is 14.4. The van der Waals surface area contributed by atoms with Crippen LogP contribution in [0.5, 0.6) is 0 Å². The van der Waals surface area contributed by atoms with Crippen LogP contribution >= 0.6 is 11.6 Å². The zero-order valence-corrected chi connectivity index (χ0v) is 24.6. The lowest BCUT2D eigenvalue weighted by molar-refractivity contribution is -0.138. The Morgan fingerprint density at radius 1 is 1.02 bits per heavy atom. The molecule has 4 aromatic rings. The summed E-state index contributed by atoms with van der Waals surface area (Å²) in [6.07, 6.45) is 1.68. The molecule has 11 heteroatoms. The quantitative estimate of drug-likeness (QED) is 0.228. The lowest BCUT2D eigenvalue weighted by atomic mass is 9.68. The summed E-state index contributed by atoms with van der Waals surface area (Å²) >= 11 is 6.48. The van der Waals surface area contributed by atoms with Crippen molar-refractivity contribution in [2.45, 2.75) is 51.9 Å². The van der Waals surface area contributed by atoms with Gasteiger partial charge in [-0.1, -0.05) is 41.8 Å². The first kappa shape index (κ1) is 28.0. The van der Waals surface area contributed by atoms with Gasteiger partial charge in [0.1, 0.15) is 17.3 Å². The van der Waals surface area contributed by atoms with Crippen LogP contribution in [0.2, 0.25) is 5.15 Å². The highest BCUT2D eigenvalue weighted by atomic mass is 35.5. The van der Waals surface area contributed by atoms with Gasteiger partial charge in [-0.15, -0.1) is 10.2 Å². The van der Waals surface area contributed by atoms with E-state index in [0.717, 1.165) is 36.2 Å². The van der Waals surface area contributed by atoms with Crippen LogP contribution in [-0.4, -0.2) is 43.6 Å². The summed E-state index contributed by atoms with van der Waals surface area (Å²) in [7, 11) is 1.84. The monoisotopic (exact) mass is 606 g/mol. The third-order valence-electron chi connectivity index (χ3n) is 9.24. The molecule has 7 rings (SSSR count). The highest BCUT2D eigenvalue weighted by molar-refractivity contribution is 6.30. The van der Waals surface area contributed by atoms with E-state index in [1.54, 1.807) is 29.1 Å². The normalized spacial score (nSPS) is 18.0. The Morgan fingerprint density at radius 3 is 2.51 bits per heavy atom. The van der Waals surface area contributed by atoms with Crippen LogP contribution in [0.15, 0.2) is 48.8 Å². The number of carbonyl (C=O) groups is 1. The van der Waals surface area contributed by atoms with Crippen molar-refractivity contribution in [2.75, 3.05) is 18.0 Å². The number of hydrogen-bond donors (Lipinski definition) is 0. The standard InChI is InChI=1S/C32H30ClF3N6O/c1-19-4-5-22(29-39-37-18-40(29)2)23(10-19)21-13-27(33)38-28(14-21)42-16-25-24(30(42)43)11-20(12-26(25)32(34,35)36)15-41-9-8-31(17-41)6-3-7-31/h4-5,10-14,18H,3,6-9,15-17H2,1-2H3. The molecule has 1 saturated heterocycles. The van der Waals surface area contributed by atoms with Crippen molar-refractivity contribution in [3.63, 3.8) is 0 Å². The second-order valence-corrected chi connectivity index (χ2v) is 12.6. The Bertz CT molecular complexity index is 1760. The zero-order valence-electron chi connectivity index (χ0n) is 23.9. The number of anilines is 1. The number of aromatic nitrogens is 4. The van der Waals surface area contributed by atoms with Crippen LogP contribution in [0.1, 0.15) is 58.3 Å². The third kappa shape index (κ3) is 5.00. The van der Waals surface area contributed by atoms with Crippen LogP contribution < -0.4 is 4.90 Å². The molecular formula is C32H30ClF3N6O. The van der Waals surface area contributed by atoms with E-state index in [1.165, 1.54) is 30.2 Å². The second-order valence-electron chi connectivity index (χ2n) is 12.2. The molecule has 1 saturated carbocycles. The van der Waals surface area contributed by atoms with Gasteiger partial charge >= 0.3 is 6.18 Å². The number of likely N-dealkylation sites (tertiary alicyclic amines) is 1. The van der Waals surface area contributed by atoms with E-state index in [-0.39, 0.29) is 28.6 Å². The van der Waals surface area contributed by atoms with Crippen molar-refractivity contribution < 1.29 is 18.0 Å². The van der Waals surface area contributed by atoms with Gasteiger partial charge in [0.15, 0.2) is 5.82 Å². The minimum atomic E-state index is -4.60. The number of fused-ring (bicyclic) bond motifs is 1. The molecule has 2 aromatic carbocycles. The lowest BCUT2D eigenvalue weighted by Crippen LogP contribution is -2.33. The van der Waals surface area contributed by atoms with Gasteiger partial charge in [-0.25, -0.2) is 4.98 Å². The molecule has 222 valence electrons. The Hall–Kier alpha value is -3.76. The van der Waals surface area contributed by atoms with Crippen molar-refractivity contribution in [3.8, 4) is 22.5 Å². The molecule has 2 aromatic heterocycles. The minimum absolute atomic E-state index is 0.0308. The SMILES string of the molecule is Cc1ccc(-c2nncn2C)c(-c2cc(Cl)nc(N3Cc4c(cc(CN5CCC6(CCC6)C5)cc4C(F)(F)F)C3=O)c2)c1. The van der Waals surface area contributed by atoms with Gasteiger partial charge in [0.05, 0.1) is 12.1 Å². The second kappa shape index (κ2) is 10.2. The number of benzene rings is 2. The number of amides is 1. The molecule has 0 atom stereocenters. The fraction of sp³-hybridized carbons (Fsp3) is 0.375. The summed E-state index contributed by atoms with van der Waals surface area (Å²) in [6.45, 7) is 3.87. The van der Waals surface area contributed by atoms with E-state index in [9.17, 15) is 18.0 Å². The van der Waals surface area contributed by atoms with Gasteiger partial charge in [0, 0.05) is 31.3 Å². The van der Waals surface area contributed by atoms with Crippen molar-refractivity contribution in [3.05, 3.63) is 81.8 Å². The number of nitrogens with zero attached hydrogens (tertiary/aromatic N) is 6. The first-order valence-corrected chi connectivity index (χ1v) is 14.8. The molecule has 0 unspecified atom stereocenters. The van der Waals surface area contributed by atoms with E-state index in [1.807, 2.05) is 32.2 Å². The summed E-state index contributed by atoms with van der Waals surface area (Å²) in [5, 5.41) is 8.36. The van der Waals surface area contributed by atoms with Gasteiger partial charge in [0.2, 0.25) is 0 Å². The van der Waals surface area contributed by atoms with E-state index >= 15 is 0 Å². The van der Waals surface area contributed by atoms with Crippen LogP contribution in [0.3, 0.4) is 0 Å². The Labute approximate surface area is 252 Å². The Kier molecular flexibility index (Phi) is 6.63. The summed E-state index contributed by atoms with van der Waals surface area (Å²) < 4.78 is 45.0. The molecule has 4 heterocycles. The fourth-order valence-corrected chi connectivity index (χ4v) is 7.10. The van der Waals surface area contributed by atoms with Gasteiger partial charge in [-0.05, 0) is 84.7 Å². The van der Waals surface area contributed by atoms with E-state index in [2.05, 4.69) is 20.1 Å². The molecular weight excluding hydrogens is 577 g/mol. The summed E-state index contributed by atoms with van der Waals surface area (Å²) in [5.74, 6) is 0.311. The van der Waals surface area contributed by atoms with Crippen molar-refractivity contribution >= 4 is 23.3 Å². The maximum absolute atomic E-state index is 14.4. The van der Waals surface area contributed by atoms with Gasteiger partial charge in [-0.3, -0.25) is 14.6 Å². The minimum Gasteiger partial charge on any atom is -0.317 e. The van der Waals surface area contributed by atoms with Gasteiger partial charge < -0.3 is 4.57 Å². The Balaban J connectivity index is 1.25.